The Morgan fingerprint density at radius 3 is 2.86 bits per heavy atom. The monoisotopic (exact) mass is 217 g/mol. The van der Waals surface area contributed by atoms with Gasteiger partial charge in [-0.2, -0.15) is 8.42 Å². The van der Waals surface area contributed by atoms with Crippen molar-refractivity contribution in [2.45, 2.75) is 11.8 Å². The predicted molar refractivity (Wildman–Crippen MR) is 54.5 cm³/mol. The van der Waals surface area contributed by atoms with Crippen LogP contribution in [0.3, 0.4) is 0 Å². The van der Waals surface area contributed by atoms with E-state index in [9.17, 15) is 8.42 Å². The van der Waals surface area contributed by atoms with E-state index in [1.165, 1.54) is 24.3 Å². The molecule has 0 bridgehead atoms. The van der Waals surface area contributed by atoms with Gasteiger partial charge in [-0.1, -0.05) is 23.7 Å². The highest BCUT2D eigenvalue weighted by Crippen LogP contribution is 2.12. The second kappa shape index (κ2) is 4.39. The minimum Gasteiger partial charge on any atom is -0.262 e. The minimum absolute atomic E-state index is 0.258. The summed E-state index contributed by atoms with van der Waals surface area (Å²) in [5.74, 6) is 0. The standard InChI is InChI=1S/C10H12O3S/c1-3-8-13-14(11,12)10-6-4-9(2)5-7-10/h3-7H,1,8H2,2H3/i1D2,3D,8D2. The van der Waals surface area contributed by atoms with Gasteiger partial charge >= 0.3 is 0 Å². The first-order chi connectivity index (χ1) is 8.56. The first-order valence-electron chi connectivity index (χ1n) is 6.23. The van der Waals surface area contributed by atoms with Crippen LogP contribution in [0.2, 0.25) is 0 Å². The van der Waals surface area contributed by atoms with Gasteiger partial charge < -0.3 is 0 Å². The molecule has 1 rings (SSSR count). The lowest BCUT2D eigenvalue weighted by Gasteiger charge is -2.03. The van der Waals surface area contributed by atoms with E-state index in [1.807, 2.05) is 0 Å². The van der Waals surface area contributed by atoms with Crippen molar-refractivity contribution in [2.24, 2.45) is 0 Å². The highest BCUT2D eigenvalue weighted by Gasteiger charge is 2.13. The van der Waals surface area contributed by atoms with E-state index in [0.717, 1.165) is 5.56 Å². The Balaban J connectivity index is 3.11. The van der Waals surface area contributed by atoms with Crippen molar-refractivity contribution >= 4 is 10.1 Å². The van der Waals surface area contributed by atoms with Crippen LogP contribution in [0.25, 0.3) is 0 Å². The van der Waals surface area contributed by atoms with Crippen LogP contribution in [0.5, 0.6) is 0 Å². The molecule has 1 aromatic carbocycles. The zero-order valence-corrected chi connectivity index (χ0v) is 8.26. The average Bonchev–Trinajstić information content (AvgIpc) is 2.27. The van der Waals surface area contributed by atoms with Crippen molar-refractivity contribution in [1.29, 1.82) is 0 Å². The van der Waals surface area contributed by atoms with Crippen molar-refractivity contribution < 1.29 is 19.5 Å². The molecule has 0 spiro atoms. The summed E-state index contributed by atoms with van der Waals surface area (Å²) in [6.07, 6.45) is 0. The molecule has 0 saturated heterocycles. The summed E-state index contributed by atoms with van der Waals surface area (Å²) in [5.41, 5.74) is 0.822. The third kappa shape index (κ3) is 2.68. The summed E-state index contributed by atoms with van der Waals surface area (Å²) in [5, 5.41) is 0. The molecule has 14 heavy (non-hydrogen) atoms. The van der Waals surface area contributed by atoms with Crippen LogP contribution in [0.4, 0.5) is 0 Å². The van der Waals surface area contributed by atoms with Crippen LogP contribution in [0, 0.1) is 6.92 Å². The van der Waals surface area contributed by atoms with Crippen LogP contribution in [-0.2, 0) is 14.3 Å². The van der Waals surface area contributed by atoms with Gasteiger partial charge in [0.05, 0.1) is 18.3 Å². The molecular weight excluding hydrogens is 200 g/mol. The van der Waals surface area contributed by atoms with Gasteiger partial charge in [0.1, 0.15) is 0 Å². The molecule has 0 aromatic heterocycles. The molecule has 0 aliphatic rings. The van der Waals surface area contributed by atoms with Crippen molar-refractivity contribution in [2.75, 3.05) is 6.56 Å². The summed E-state index contributed by atoms with van der Waals surface area (Å²) in [7, 11) is -4.41. The van der Waals surface area contributed by atoms with Gasteiger partial charge in [0.2, 0.25) is 0 Å². The van der Waals surface area contributed by atoms with E-state index < -0.39 is 29.3 Å². The maximum atomic E-state index is 11.8. The second-order valence-electron chi connectivity index (χ2n) is 2.58. The molecule has 3 nitrogen and oxygen atoms in total. The molecule has 0 unspecified atom stereocenters. The van der Waals surface area contributed by atoms with Gasteiger partial charge in [-0.05, 0) is 19.1 Å². The SMILES string of the molecule is [2H]C([2H])=C([2H])C([2H])([2H])OS(=O)(=O)c1ccc(C)cc1. The lowest BCUT2D eigenvalue weighted by Crippen LogP contribution is -2.06. The van der Waals surface area contributed by atoms with Crippen LogP contribution >= 0.6 is 0 Å². The molecule has 0 amide bonds. The smallest absolute Gasteiger partial charge is 0.262 e. The van der Waals surface area contributed by atoms with Crippen LogP contribution in [0.15, 0.2) is 41.7 Å². The summed E-state index contributed by atoms with van der Waals surface area (Å²) in [6.45, 7) is -2.44. The lowest BCUT2D eigenvalue weighted by molar-refractivity contribution is 0.357. The molecule has 76 valence electrons. The number of benzene rings is 1. The quantitative estimate of drug-likeness (QED) is 0.571. The molecule has 0 heterocycles. The number of rotatable bonds is 4. The average molecular weight is 217 g/mol. The highest BCUT2D eigenvalue weighted by atomic mass is 32.2. The Morgan fingerprint density at radius 2 is 2.29 bits per heavy atom. The van der Waals surface area contributed by atoms with Gasteiger partial charge in [0.25, 0.3) is 10.1 Å². The Hall–Kier alpha value is -1.13. The predicted octanol–water partition coefficient (Wildman–Crippen LogP) is 1.89. The fourth-order valence-electron chi connectivity index (χ4n) is 0.829. The van der Waals surface area contributed by atoms with Gasteiger partial charge in [0, 0.05) is 0 Å². The van der Waals surface area contributed by atoms with Crippen LogP contribution in [0.1, 0.15) is 12.4 Å². The van der Waals surface area contributed by atoms with Crippen LogP contribution in [-0.4, -0.2) is 15.0 Å². The molecular formula is C10H12O3S. The number of aryl methyl sites for hydroxylation is 1. The van der Waals surface area contributed by atoms with E-state index in [4.69, 9.17) is 6.85 Å². The summed E-state index contributed by atoms with van der Waals surface area (Å²) >= 11 is 0. The third-order valence-electron chi connectivity index (χ3n) is 1.51. The molecule has 0 aliphatic carbocycles. The Kier molecular flexibility index (Phi) is 1.78. The van der Waals surface area contributed by atoms with E-state index in [1.54, 1.807) is 6.92 Å². The summed E-state index contributed by atoms with van der Waals surface area (Å²) in [6, 6.07) is 4.36. The van der Waals surface area contributed by atoms with Gasteiger partial charge in [0.15, 0.2) is 0 Å². The highest BCUT2D eigenvalue weighted by molar-refractivity contribution is 7.86. The molecule has 0 saturated carbocycles. The topological polar surface area (TPSA) is 43.4 Å². The third-order valence-corrected chi connectivity index (χ3v) is 2.66. The van der Waals surface area contributed by atoms with Crippen molar-refractivity contribution in [3.63, 3.8) is 0 Å². The van der Waals surface area contributed by atoms with E-state index in [-0.39, 0.29) is 4.90 Å². The summed E-state index contributed by atoms with van der Waals surface area (Å²) in [4.78, 5) is -0.258. The Labute approximate surface area is 91.2 Å². The fraction of sp³-hybridized carbons (Fsp3) is 0.200. The Bertz CT molecular complexity index is 588. The molecule has 1 aromatic rings. The van der Waals surface area contributed by atoms with Gasteiger partial charge in [-0.25, -0.2) is 0 Å². The van der Waals surface area contributed by atoms with E-state index in [0.29, 0.717) is 0 Å². The fourth-order valence-corrected chi connectivity index (χ4v) is 1.55. The zero-order valence-electron chi connectivity index (χ0n) is 12.4. The normalized spacial score (nSPS) is 17.1. The molecule has 0 radical (unpaired) electrons. The lowest BCUT2D eigenvalue weighted by atomic mass is 10.2. The first kappa shape index (κ1) is 5.68. The molecule has 0 atom stereocenters. The Morgan fingerprint density at radius 1 is 1.64 bits per heavy atom. The molecule has 0 fully saturated rings. The first-order valence-corrected chi connectivity index (χ1v) is 5.14. The van der Waals surface area contributed by atoms with Gasteiger partial charge in [-0.3, -0.25) is 4.18 Å². The largest absolute Gasteiger partial charge is 0.297 e. The zero-order chi connectivity index (χ0) is 14.8. The van der Waals surface area contributed by atoms with Crippen molar-refractivity contribution in [3.8, 4) is 0 Å². The number of hydrogen-bond donors (Lipinski definition) is 0. The molecule has 0 aliphatic heterocycles. The summed E-state index contributed by atoms with van der Waals surface area (Å²) < 4.78 is 63.3. The molecule has 4 heteroatoms. The maximum Gasteiger partial charge on any atom is 0.297 e. The van der Waals surface area contributed by atoms with Crippen molar-refractivity contribution in [1.82, 2.24) is 0 Å². The maximum absolute atomic E-state index is 11.8. The van der Waals surface area contributed by atoms with E-state index >= 15 is 0 Å². The number of hydrogen-bond acceptors (Lipinski definition) is 3. The van der Waals surface area contributed by atoms with Gasteiger partial charge in [-0.15, -0.1) is 6.53 Å². The van der Waals surface area contributed by atoms with E-state index in [2.05, 4.69) is 4.18 Å². The minimum atomic E-state index is -4.41. The second-order valence-corrected chi connectivity index (χ2v) is 4.12. The van der Waals surface area contributed by atoms with Crippen LogP contribution < -0.4 is 0 Å². The molecule has 0 N–H and O–H groups in total. The van der Waals surface area contributed by atoms with Crippen molar-refractivity contribution in [3.05, 3.63) is 42.4 Å².